The normalized spacial score (nSPS) is 10.7. The van der Waals surface area contributed by atoms with Crippen molar-refractivity contribution in [1.29, 1.82) is 0 Å². The fraction of sp³-hybridized carbons (Fsp3) is 0.308. The average Bonchev–Trinajstić information content (AvgIpc) is 2.32. The Morgan fingerprint density at radius 1 is 1.38 bits per heavy atom. The fourth-order valence-electron chi connectivity index (χ4n) is 1.81. The van der Waals surface area contributed by atoms with Gasteiger partial charge < -0.3 is 4.74 Å². The molecule has 0 atom stereocenters. The Labute approximate surface area is 100 Å². The van der Waals surface area contributed by atoms with E-state index in [4.69, 9.17) is 16.3 Å². The van der Waals surface area contributed by atoms with Gasteiger partial charge in [0.05, 0.1) is 12.1 Å². The van der Waals surface area contributed by atoms with E-state index in [-0.39, 0.29) is 0 Å². The number of fused-ring (bicyclic) bond motifs is 1. The van der Waals surface area contributed by atoms with Crippen molar-refractivity contribution >= 4 is 22.5 Å². The quantitative estimate of drug-likeness (QED) is 0.806. The van der Waals surface area contributed by atoms with Gasteiger partial charge in [-0.2, -0.15) is 0 Å². The monoisotopic (exact) mass is 235 g/mol. The molecule has 3 heteroatoms. The molecule has 0 saturated carbocycles. The number of ether oxygens (including phenoxy) is 1. The Morgan fingerprint density at radius 3 is 2.88 bits per heavy atom. The molecule has 1 heterocycles. The summed E-state index contributed by atoms with van der Waals surface area (Å²) in [5, 5.41) is 1.76. The lowest BCUT2D eigenvalue weighted by Gasteiger charge is -2.08. The first-order valence-corrected chi connectivity index (χ1v) is 5.75. The Bertz CT molecular complexity index is 511. The average molecular weight is 236 g/mol. The van der Waals surface area contributed by atoms with Crippen LogP contribution in [0.1, 0.15) is 18.9 Å². The molecule has 16 heavy (non-hydrogen) atoms. The molecular formula is C13H14ClNO. The van der Waals surface area contributed by atoms with Crippen molar-refractivity contribution in [1.82, 2.24) is 4.98 Å². The second kappa shape index (κ2) is 4.71. The summed E-state index contributed by atoms with van der Waals surface area (Å²) in [6.07, 6.45) is 3.87. The number of aryl methyl sites for hydroxylation is 1. The van der Waals surface area contributed by atoms with E-state index in [0.717, 1.165) is 40.1 Å². The standard InChI is InChI=1S/C13H14ClNO/c1-3-5-9-8-15-13-10(12(9)14)6-4-7-11(13)16-2/h4,6-8H,3,5H2,1-2H3. The number of aromatic nitrogens is 1. The highest BCUT2D eigenvalue weighted by molar-refractivity contribution is 6.36. The summed E-state index contributed by atoms with van der Waals surface area (Å²) in [6.45, 7) is 2.13. The van der Waals surface area contributed by atoms with Crippen molar-refractivity contribution in [2.45, 2.75) is 19.8 Å². The van der Waals surface area contributed by atoms with Crippen LogP contribution in [0.4, 0.5) is 0 Å². The van der Waals surface area contributed by atoms with Crippen molar-refractivity contribution < 1.29 is 4.74 Å². The number of nitrogens with zero attached hydrogens (tertiary/aromatic N) is 1. The van der Waals surface area contributed by atoms with E-state index in [1.54, 1.807) is 7.11 Å². The molecule has 2 nitrogen and oxygen atoms in total. The van der Waals surface area contributed by atoms with Crippen LogP contribution in [0.3, 0.4) is 0 Å². The lowest BCUT2D eigenvalue weighted by atomic mass is 10.1. The molecule has 0 amide bonds. The SMILES string of the molecule is CCCc1cnc2c(OC)cccc2c1Cl. The third-order valence-corrected chi connectivity index (χ3v) is 3.05. The molecule has 84 valence electrons. The Balaban J connectivity index is 2.66. The molecule has 0 aliphatic carbocycles. The molecule has 0 aliphatic heterocycles. The summed E-state index contributed by atoms with van der Waals surface area (Å²) in [4.78, 5) is 4.42. The van der Waals surface area contributed by atoms with Gasteiger partial charge in [0.15, 0.2) is 0 Å². The summed E-state index contributed by atoms with van der Waals surface area (Å²) < 4.78 is 5.26. The van der Waals surface area contributed by atoms with Crippen molar-refractivity contribution in [3.05, 3.63) is 35.0 Å². The van der Waals surface area contributed by atoms with Crippen LogP contribution < -0.4 is 4.74 Å². The van der Waals surface area contributed by atoms with Gasteiger partial charge in [-0.15, -0.1) is 0 Å². The summed E-state index contributed by atoms with van der Waals surface area (Å²) in [6, 6.07) is 5.81. The molecular weight excluding hydrogens is 222 g/mol. The smallest absolute Gasteiger partial charge is 0.145 e. The zero-order chi connectivity index (χ0) is 11.5. The van der Waals surface area contributed by atoms with Gasteiger partial charge in [0, 0.05) is 11.6 Å². The van der Waals surface area contributed by atoms with Crippen molar-refractivity contribution in [2.24, 2.45) is 0 Å². The fourth-order valence-corrected chi connectivity index (χ4v) is 2.11. The Morgan fingerprint density at radius 2 is 2.19 bits per heavy atom. The van der Waals surface area contributed by atoms with Gasteiger partial charge in [0.1, 0.15) is 11.3 Å². The van der Waals surface area contributed by atoms with Crippen LogP contribution in [0, 0.1) is 0 Å². The second-order valence-electron chi connectivity index (χ2n) is 3.70. The maximum atomic E-state index is 6.35. The second-order valence-corrected chi connectivity index (χ2v) is 4.08. The number of methoxy groups -OCH3 is 1. The summed E-state index contributed by atoms with van der Waals surface area (Å²) in [5.74, 6) is 0.766. The van der Waals surface area contributed by atoms with E-state index in [1.165, 1.54) is 0 Å². The minimum Gasteiger partial charge on any atom is -0.494 e. The summed E-state index contributed by atoms with van der Waals surface area (Å²) in [7, 11) is 1.64. The van der Waals surface area contributed by atoms with Gasteiger partial charge in [0.2, 0.25) is 0 Å². The van der Waals surface area contributed by atoms with E-state index < -0.39 is 0 Å². The highest BCUT2D eigenvalue weighted by Crippen LogP contribution is 2.31. The maximum Gasteiger partial charge on any atom is 0.145 e. The van der Waals surface area contributed by atoms with E-state index in [1.807, 2.05) is 24.4 Å². The first-order valence-electron chi connectivity index (χ1n) is 5.38. The van der Waals surface area contributed by atoms with Gasteiger partial charge in [-0.3, -0.25) is 4.98 Å². The van der Waals surface area contributed by atoms with Crippen LogP contribution in [-0.2, 0) is 6.42 Å². The van der Waals surface area contributed by atoms with Crippen molar-refractivity contribution in [3.63, 3.8) is 0 Å². The summed E-state index contributed by atoms with van der Waals surface area (Å²) in [5.41, 5.74) is 1.93. The van der Waals surface area contributed by atoms with Gasteiger partial charge in [-0.05, 0) is 18.1 Å². The molecule has 0 unspecified atom stereocenters. The number of rotatable bonds is 3. The van der Waals surface area contributed by atoms with Crippen LogP contribution in [0.15, 0.2) is 24.4 Å². The minimum absolute atomic E-state index is 0.766. The molecule has 1 aromatic carbocycles. The van der Waals surface area contributed by atoms with Crippen LogP contribution in [0.25, 0.3) is 10.9 Å². The van der Waals surface area contributed by atoms with E-state index in [9.17, 15) is 0 Å². The van der Waals surface area contributed by atoms with Crippen LogP contribution in [0.5, 0.6) is 5.75 Å². The lowest BCUT2D eigenvalue weighted by molar-refractivity contribution is 0.419. The first kappa shape index (κ1) is 11.2. The number of halogens is 1. The molecule has 0 saturated heterocycles. The number of pyridine rings is 1. The number of para-hydroxylation sites is 1. The molecule has 0 fully saturated rings. The summed E-state index contributed by atoms with van der Waals surface area (Å²) >= 11 is 6.35. The zero-order valence-corrected chi connectivity index (χ0v) is 10.2. The zero-order valence-electron chi connectivity index (χ0n) is 9.46. The number of benzene rings is 1. The van der Waals surface area contributed by atoms with E-state index >= 15 is 0 Å². The van der Waals surface area contributed by atoms with Gasteiger partial charge in [-0.1, -0.05) is 37.1 Å². The predicted octanol–water partition coefficient (Wildman–Crippen LogP) is 3.85. The molecule has 2 rings (SSSR count). The highest BCUT2D eigenvalue weighted by atomic mass is 35.5. The van der Waals surface area contributed by atoms with Crippen molar-refractivity contribution in [2.75, 3.05) is 7.11 Å². The third-order valence-electron chi connectivity index (χ3n) is 2.61. The third kappa shape index (κ3) is 1.85. The topological polar surface area (TPSA) is 22.1 Å². The molecule has 0 spiro atoms. The predicted molar refractivity (Wildman–Crippen MR) is 67.3 cm³/mol. The maximum absolute atomic E-state index is 6.35. The van der Waals surface area contributed by atoms with Crippen LogP contribution in [-0.4, -0.2) is 12.1 Å². The molecule has 0 bridgehead atoms. The number of hydrogen-bond acceptors (Lipinski definition) is 2. The molecule has 0 N–H and O–H groups in total. The Hall–Kier alpha value is -1.28. The largest absolute Gasteiger partial charge is 0.494 e. The van der Waals surface area contributed by atoms with Gasteiger partial charge >= 0.3 is 0 Å². The molecule has 0 radical (unpaired) electrons. The molecule has 0 aliphatic rings. The van der Waals surface area contributed by atoms with Crippen LogP contribution >= 0.6 is 11.6 Å². The number of hydrogen-bond donors (Lipinski definition) is 0. The van der Waals surface area contributed by atoms with Crippen molar-refractivity contribution in [3.8, 4) is 5.75 Å². The highest BCUT2D eigenvalue weighted by Gasteiger charge is 2.09. The first-order chi connectivity index (χ1) is 7.77. The minimum atomic E-state index is 0.766. The lowest BCUT2D eigenvalue weighted by Crippen LogP contribution is -1.92. The molecule has 2 aromatic rings. The van der Waals surface area contributed by atoms with Gasteiger partial charge in [-0.25, -0.2) is 0 Å². The molecule has 1 aromatic heterocycles. The van der Waals surface area contributed by atoms with E-state index in [0.29, 0.717) is 0 Å². The van der Waals surface area contributed by atoms with Crippen LogP contribution in [0.2, 0.25) is 5.02 Å². The van der Waals surface area contributed by atoms with E-state index in [2.05, 4.69) is 11.9 Å². The van der Waals surface area contributed by atoms with Gasteiger partial charge in [0.25, 0.3) is 0 Å². The Kier molecular flexibility index (Phi) is 3.30.